The largest absolute Gasteiger partial charge is 0.390 e. The number of likely N-dealkylation sites (N-methyl/N-ethyl adjacent to an activating group) is 1. The van der Waals surface area contributed by atoms with Gasteiger partial charge in [-0.1, -0.05) is 24.8 Å². The van der Waals surface area contributed by atoms with Crippen LogP contribution in [0.15, 0.2) is 81.7 Å². The van der Waals surface area contributed by atoms with Crippen molar-refractivity contribution in [3.8, 4) is 0 Å². The molecular weight excluding hydrogens is 383 g/mol. The molecule has 29 heavy (non-hydrogen) atoms. The van der Waals surface area contributed by atoms with Crippen LogP contribution in [0.4, 0.5) is 13.2 Å². The molecule has 0 aromatic rings. The van der Waals surface area contributed by atoms with Gasteiger partial charge in [0.15, 0.2) is 0 Å². The third-order valence-electron chi connectivity index (χ3n) is 3.75. The van der Waals surface area contributed by atoms with Gasteiger partial charge in [-0.25, -0.2) is 18.2 Å². The van der Waals surface area contributed by atoms with E-state index < -0.39 is 18.3 Å². The lowest BCUT2D eigenvalue weighted by Gasteiger charge is -2.21. The Kier molecular flexibility index (Phi) is 10.6. The number of alkyl halides is 1. The van der Waals surface area contributed by atoms with Crippen molar-refractivity contribution >= 4 is 19.1 Å². The molecule has 0 spiro atoms. The first-order valence-corrected chi connectivity index (χ1v) is 8.78. The van der Waals surface area contributed by atoms with Gasteiger partial charge in [0.25, 0.3) is 0 Å². The summed E-state index contributed by atoms with van der Waals surface area (Å²) in [6.07, 6.45) is 10.6. The van der Waals surface area contributed by atoms with Crippen LogP contribution >= 0.6 is 0 Å². The highest BCUT2D eigenvalue weighted by Gasteiger charge is 2.16. The number of hydrogen-bond donors (Lipinski definition) is 1. The van der Waals surface area contributed by atoms with Crippen LogP contribution < -0.4 is 5.73 Å². The second-order valence-corrected chi connectivity index (χ2v) is 5.56. The molecule has 0 fully saturated rings. The Morgan fingerprint density at radius 3 is 2.76 bits per heavy atom. The number of hydrogen-bond acceptors (Lipinski definition) is 4. The third-order valence-corrected chi connectivity index (χ3v) is 3.75. The van der Waals surface area contributed by atoms with Crippen LogP contribution in [-0.4, -0.2) is 48.8 Å². The van der Waals surface area contributed by atoms with Gasteiger partial charge in [-0.3, -0.25) is 14.7 Å². The summed E-state index contributed by atoms with van der Waals surface area (Å²) >= 11 is 0. The quantitative estimate of drug-likeness (QED) is 0.187. The summed E-state index contributed by atoms with van der Waals surface area (Å²) in [6.45, 7) is 4.56. The van der Waals surface area contributed by atoms with Crippen molar-refractivity contribution < 1.29 is 18.0 Å². The number of nitrogens with two attached hydrogens (primary N) is 1. The number of allylic oxidation sites excluding steroid dienone is 7. The van der Waals surface area contributed by atoms with E-state index in [2.05, 4.69) is 16.7 Å². The molecule has 6 nitrogen and oxygen atoms in total. The van der Waals surface area contributed by atoms with E-state index in [0.717, 1.165) is 23.7 Å². The molecule has 1 amide bonds. The molecule has 9 heteroatoms. The monoisotopic (exact) mass is 407 g/mol. The molecule has 1 aliphatic carbocycles. The Morgan fingerprint density at radius 1 is 1.41 bits per heavy atom. The molecule has 0 aromatic carbocycles. The maximum Gasteiger partial charge on any atom is 0.219 e. The summed E-state index contributed by atoms with van der Waals surface area (Å²) in [6, 6.07) is 0. The lowest BCUT2D eigenvalue weighted by Crippen LogP contribution is -2.26. The Bertz CT molecular complexity index is 794. The van der Waals surface area contributed by atoms with Crippen molar-refractivity contribution in [3.05, 3.63) is 71.7 Å². The molecule has 156 valence electrons. The maximum atomic E-state index is 14.1. The third kappa shape index (κ3) is 7.28. The number of aliphatic imine (C=N–C) groups is 1. The van der Waals surface area contributed by atoms with Gasteiger partial charge in [0.1, 0.15) is 24.7 Å². The number of hydrazone groups is 1. The first-order chi connectivity index (χ1) is 14.0. The predicted molar refractivity (Wildman–Crippen MR) is 110 cm³/mol. The highest BCUT2D eigenvalue weighted by molar-refractivity contribution is 5.77. The zero-order chi connectivity index (χ0) is 21.6. The molecule has 0 aliphatic heterocycles. The van der Waals surface area contributed by atoms with Crippen molar-refractivity contribution in [2.75, 3.05) is 19.8 Å². The first kappa shape index (κ1) is 23.7. The zero-order valence-electron chi connectivity index (χ0n) is 16.1. The molecule has 0 radical (unpaired) electrons. The van der Waals surface area contributed by atoms with Gasteiger partial charge >= 0.3 is 0 Å². The van der Waals surface area contributed by atoms with Crippen molar-refractivity contribution in [2.45, 2.75) is 13.3 Å². The molecule has 0 heterocycles. The lowest BCUT2D eigenvalue weighted by atomic mass is 10.2. The number of nitrogens with zero attached hydrogens (tertiary/aromatic N) is 4. The van der Waals surface area contributed by atoms with Crippen LogP contribution in [0.2, 0.25) is 0 Å². The summed E-state index contributed by atoms with van der Waals surface area (Å²) in [5, 5.41) is 5.46. The van der Waals surface area contributed by atoms with E-state index in [9.17, 15) is 18.0 Å². The standard InChI is InChI=1S/C20H24F3N5O/c1-3-7-19(25-13-24)20(10-11-21)27(15-29)14-26-28(4-2)12-16-17(22)8-5-6-9-18(16)23/h3,5-8,10,13-15H,1,4,9,11-12H2,2H3,(H2,24,25)/b19-7+,20-10+,26-14-. The number of carbonyl (C=O) groups is 1. The van der Waals surface area contributed by atoms with Gasteiger partial charge in [0.05, 0.1) is 24.3 Å². The molecular formula is C20H24F3N5O. The fourth-order valence-corrected chi connectivity index (χ4v) is 2.33. The molecule has 2 N–H and O–H groups in total. The number of halogens is 3. The normalized spacial score (nSPS) is 15.7. The highest BCUT2D eigenvalue weighted by Crippen LogP contribution is 2.24. The summed E-state index contributed by atoms with van der Waals surface area (Å²) in [5.41, 5.74) is 5.44. The van der Waals surface area contributed by atoms with Gasteiger partial charge < -0.3 is 5.73 Å². The average molecular weight is 407 g/mol. The molecule has 0 unspecified atom stereocenters. The topological polar surface area (TPSA) is 74.3 Å². The maximum absolute atomic E-state index is 14.1. The average Bonchev–Trinajstić information content (AvgIpc) is 2.87. The van der Waals surface area contributed by atoms with E-state index in [4.69, 9.17) is 5.73 Å². The zero-order valence-corrected chi connectivity index (χ0v) is 16.1. The summed E-state index contributed by atoms with van der Waals surface area (Å²) in [4.78, 5) is 16.4. The summed E-state index contributed by atoms with van der Waals surface area (Å²) < 4.78 is 41.2. The van der Waals surface area contributed by atoms with Crippen LogP contribution in [0, 0.1) is 0 Å². The Morgan fingerprint density at radius 2 is 2.17 bits per heavy atom. The number of rotatable bonds is 11. The van der Waals surface area contributed by atoms with E-state index in [1.54, 1.807) is 6.92 Å². The van der Waals surface area contributed by atoms with Crippen LogP contribution in [0.5, 0.6) is 0 Å². The van der Waals surface area contributed by atoms with Crippen molar-refractivity contribution in [2.24, 2.45) is 15.8 Å². The SMILES string of the molecule is C=C/C=C(N=CN)\C(=C/CF)N(C=O)/C=N\N(CC)CC1=C(F)CC=CC=C1F. The molecule has 1 aliphatic rings. The van der Waals surface area contributed by atoms with Gasteiger partial charge in [-0.15, -0.1) is 0 Å². The highest BCUT2D eigenvalue weighted by atomic mass is 19.1. The van der Waals surface area contributed by atoms with E-state index in [1.807, 2.05) is 0 Å². The van der Waals surface area contributed by atoms with Crippen molar-refractivity contribution in [1.29, 1.82) is 0 Å². The van der Waals surface area contributed by atoms with E-state index in [0.29, 0.717) is 13.0 Å². The van der Waals surface area contributed by atoms with Crippen molar-refractivity contribution in [3.63, 3.8) is 0 Å². The smallest absolute Gasteiger partial charge is 0.219 e. The first-order valence-electron chi connectivity index (χ1n) is 8.78. The minimum Gasteiger partial charge on any atom is -0.390 e. The fraction of sp³-hybridized carbons (Fsp3) is 0.250. The second-order valence-electron chi connectivity index (χ2n) is 5.56. The van der Waals surface area contributed by atoms with E-state index in [-0.39, 0.29) is 29.9 Å². The summed E-state index contributed by atoms with van der Waals surface area (Å²) in [7, 11) is 0. The van der Waals surface area contributed by atoms with E-state index >= 15 is 0 Å². The number of amides is 1. The van der Waals surface area contributed by atoms with Crippen LogP contribution in [0.3, 0.4) is 0 Å². The van der Waals surface area contributed by atoms with Gasteiger partial charge in [-0.2, -0.15) is 5.10 Å². The van der Waals surface area contributed by atoms with Gasteiger partial charge in [0, 0.05) is 18.5 Å². The lowest BCUT2D eigenvalue weighted by molar-refractivity contribution is -0.113. The number of carbonyl (C=O) groups excluding carboxylic acids is 1. The Balaban J connectivity index is 3.13. The van der Waals surface area contributed by atoms with Crippen LogP contribution in [0.25, 0.3) is 0 Å². The van der Waals surface area contributed by atoms with Gasteiger partial charge in [-0.05, 0) is 25.2 Å². The molecule has 0 aromatic heterocycles. The Hall–Kier alpha value is -3.36. The van der Waals surface area contributed by atoms with Crippen LogP contribution in [0.1, 0.15) is 13.3 Å². The minimum atomic E-state index is -0.874. The second kappa shape index (κ2) is 12.9. The van der Waals surface area contributed by atoms with Crippen molar-refractivity contribution in [1.82, 2.24) is 9.91 Å². The summed E-state index contributed by atoms with van der Waals surface area (Å²) in [5.74, 6) is -1.29. The molecule has 0 atom stereocenters. The molecule has 0 saturated heterocycles. The van der Waals surface area contributed by atoms with E-state index in [1.165, 1.54) is 35.4 Å². The minimum absolute atomic E-state index is 0.0167. The molecule has 1 rings (SSSR count). The Labute approximate surface area is 168 Å². The van der Waals surface area contributed by atoms with Crippen LogP contribution in [-0.2, 0) is 4.79 Å². The predicted octanol–water partition coefficient (Wildman–Crippen LogP) is 3.66. The fourth-order valence-electron chi connectivity index (χ4n) is 2.33. The molecule has 0 bridgehead atoms. The molecule has 0 saturated carbocycles. The van der Waals surface area contributed by atoms with Gasteiger partial charge in [0.2, 0.25) is 6.41 Å².